The quantitative estimate of drug-likeness (QED) is 0.890. The summed E-state index contributed by atoms with van der Waals surface area (Å²) in [5, 5.41) is 3.76. The summed E-state index contributed by atoms with van der Waals surface area (Å²) < 4.78 is 5.84. The predicted octanol–water partition coefficient (Wildman–Crippen LogP) is 3.85. The molecule has 1 N–H and O–H groups in total. The molecule has 0 spiro atoms. The Morgan fingerprint density at radius 3 is 2.32 bits per heavy atom. The molecular formula is C17H25NO. The molecule has 1 saturated carbocycles. The lowest BCUT2D eigenvalue weighted by Gasteiger charge is -2.43. The molecule has 1 aliphatic heterocycles. The smallest absolute Gasteiger partial charge is 0.119 e. The molecule has 1 aromatic rings. The van der Waals surface area contributed by atoms with Gasteiger partial charge >= 0.3 is 0 Å². The molecule has 2 heteroatoms. The van der Waals surface area contributed by atoms with Gasteiger partial charge in [0.25, 0.3) is 0 Å². The van der Waals surface area contributed by atoms with E-state index in [1.165, 1.54) is 31.2 Å². The minimum atomic E-state index is 0.116. The molecule has 2 nitrogen and oxygen atoms in total. The van der Waals surface area contributed by atoms with E-state index in [4.69, 9.17) is 4.74 Å². The normalized spacial score (nSPS) is 27.5. The fraction of sp³-hybridized carbons (Fsp3) is 0.647. The van der Waals surface area contributed by atoms with Crippen LogP contribution in [0.5, 0.6) is 5.75 Å². The van der Waals surface area contributed by atoms with Crippen LogP contribution in [0.4, 0.5) is 0 Å². The summed E-state index contributed by atoms with van der Waals surface area (Å²) in [6, 6.07) is 8.78. The van der Waals surface area contributed by atoms with Crippen molar-refractivity contribution in [2.45, 2.75) is 58.1 Å². The average Bonchev–Trinajstić information content (AvgIpc) is 3.02. The van der Waals surface area contributed by atoms with Crippen molar-refractivity contribution in [2.24, 2.45) is 5.41 Å². The van der Waals surface area contributed by atoms with E-state index >= 15 is 0 Å². The van der Waals surface area contributed by atoms with Crippen LogP contribution in [0.15, 0.2) is 24.3 Å². The zero-order valence-corrected chi connectivity index (χ0v) is 12.3. The second-order valence-electron chi connectivity index (χ2n) is 7.03. The summed E-state index contributed by atoms with van der Waals surface area (Å²) in [6.07, 6.45) is 5.40. The third-order valence-electron chi connectivity index (χ3n) is 4.61. The van der Waals surface area contributed by atoms with E-state index in [-0.39, 0.29) is 11.0 Å². The van der Waals surface area contributed by atoms with Gasteiger partial charge < -0.3 is 10.1 Å². The van der Waals surface area contributed by atoms with E-state index in [2.05, 4.69) is 50.4 Å². The Labute approximate surface area is 116 Å². The van der Waals surface area contributed by atoms with Gasteiger partial charge in [-0.2, -0.15) is 0 Å². The lowest BCUT2D eigenvalue weighted by molar-refractivity contribution is 0.160. The van der Waals surface area contributed by atoms with Gasteiger partial charge in [0, 0.05) is 5.54 Å². The second-order valence-corrected chi connectivity index (χ2v) is 7.03. The molecule has 2 fully saturated rings. The highest BCUT2D eigenvalue weighted by molar-refractivity contribution is 5.34. The summed E-state index contributed by atoms with van der Waals surface area (Å²) in [6.45, 7) is 8.12. The van der Waals surface area contributed by atoms with E-state index in [1.807, 2.05) is 0 Å². The first-order chi connectivity index (χ1) is 9.01. The standard InChI is InChI=1S/C17H25NO/c1-16(2,3)17(11-4-12-18-17)13-5-7-14(8-6-13)19-15-9-10-15/h5-8,15,18H,4,9-12H2,1-3H3. The van der Waals surface area contributed by atoms with Crippen molar-refractivity contribution in [1.82, 2.24) is 5.32 Å². The summed E-state index contributed by atoms with van der Waals surface area (Å²) in [7, 11) is 0. The first-order valence-corrected chi connectivity index (χ1v) is 7.53. The Balaban J connectivity index is 1.86. The van der Waals surface area contributed by atoms with Gasteiger partial charge in [-0.05, 0) is 55.3 Å². The Morgan fingerprint density at radius 1 is 1.16 bits per heavy atom. The number of benzene rings is 1. The van der Waals surface area contributed by atoms with Gasteiger partial charge in [-0.25, -0.2) is 0 Å². The number of hydrogen-bond donors (Lipinski definition) is 1. The first-order valence-electron chi connectivity index (χ1n) is 7.53. The van der Waals surface area contributed by atoms with E-state index < -0.39 is 0 Å². The largest absolute Gasteiger partial charge is 0.490 e. The van der Waals surface area contributed by atoms with Gasteiger partial charge in [-0.1, -0.05) is 32.9 Å². The van der Waals surface area contributed by atoms with E-state index in [0.717, 1.165) is 12.3 Å². The molecule has 1 unspecified atom stereocenters. The highest BCUT2D eigenvalue weighted by Crippen LogP contribution is 2.45. The summed E-state index contributed by atoms with van der Waals surface area (Å²) in [5.74, 6) is 1.02. The highest BCUT2D eigenvalue weighted by Gasteiger charge is 2.45. The zero-order valence-electron chi connectivity index (χ0n) is 12.3. The van der Waals surface area contributed by atoms with Crippen LogP contribution in [0.25, 0.3) is 0 Å². The highest BCUT2D eigenvalue weighted by atomic mass is 16.5. The molecule has 3 rings (SSSR count). The molecule has 1 atom stereocenters. The van der Waals surface area contributed by atoms with Crippen molar-refractivity contribution in [2.75, 3.05) is 6.54 Å². The molecule has 0 amide bonds. The van der Waals surface area contributed by atoms with Crippen molar-refractivity contribution in [3.63, 3.8) is 0 Å². The third-order valence-corrected chi connectivity index (χ3v) is 4.61. The van der Waals surface area contributed by atoms with Crippen LogP contribution >= 0.6 is 0 Å². The molecular weight excluding hydrogens is 234 g/mol. The average molecular weight is 259 g/mol. The molecule has 1 heterocycles. The topological polar surface area (TPSA) is 21.3 Å². The number of hydrogen-bond acceptors (Lipinski definition) is 2. The number of rotatable bonds is 3. The van der Waals surface area contributed by atoms with E-state index in [1.54, 1.807) is 0 Å². The Morgan fingerprint density at radius 2 is 1.84 bits per heavy atom. The molecule has 0 bridgehead atoms. The lowest BCUT2D eigenvalue weighted by Crippen LogP contribution is -2.47. The van der Waals surface area contributed by atoms with E-state index in [0.29, 0.717) is 6.10 Å². The van der Waals surface area contributed by atoms with Crippen LogP contribution in [0.3, 0.4) is 0 Å². The summed E-state index contributed by atoms with van der Waals surface area (Å²) in [4.78, 5) is 0. The van der Waals surface area contributed by atoms with Crippen LogP contribution in [0.1, 0.15) is 52.0 Å². The maximum absolute atomic E-state index is 5.84. The monoisotopic (exact) mass is 259 g/mol. The minimum absolute atomic E-state index is 0.116. The van der Waals surface area contributed by atoms with E-state index in [9.17, 15) is 0 Å². The Bertz CT molecular complexity index is 433. The Kier molecular flexibility index (Phi) is 3.09. The molecule has 0 radical (unpaired) electrons. The van der Waals surface area contributed by atoms with Crippen LogP contribution in [-0.4, -0.2) is 12.6 Å². The molecule has 1 aromatic carbocycles. The summed E-state index contributed by atoms with van der Waals surface area (Å²) in [5.41, 5.74) is 1.74. The fourth-order valence-electron chi connectivity index (χ4n) is 3.26. The van der Waals surface area contributed by atoms with Crippen molar-refractivity contribution in [1.29, 1.82) is 0 Å². The number of nitrogens with one attached hydrogen (secondary N) is 1. The van der Waals surface area contributed by atoms with Gasteiger partial charge in [-0.3, -0.25) is 0 Å². The summed E-state index contributed by atoms with van der Waals surface area (Å²) >= 11 is 0. The van der Waals surface area contributed by atoms with Crippen LogP contribution in [0.2, 0.25) is 0 Å². The number of ether oxygens (including phenoxy) is 1. The second kappa shape index (κ2) is 4.52. The zero-order chi connectivity index (χ0) is 13.5. The van der Waals surface area contributed by atoms with Gasteiger partial charge in [-0.15, -0.1) is 0 Å². The first kappa shape index (κ1) is 13.0. The molecule has 104 valence electrons. The molecule has 19 heavy (non-hydrogen) atoms. The molecule has 0 aromatic heterocycles. The minimum Gasteiger partial charge on any atom is -0.490 e. The van der Waals surface area contributed by atoms with Crippen LogP contribution < -0.4 is 10.1 Å². The maximum Gasteiger partial charge on any atom is 0.119 e. The van der Waals surface area contributed by atoms with Crippen molar-refractivity contribution in [3.8, 4) is 5.75 Å². The maximum atomic E-state index is 5.84. The van der Waals surface area contributed by atoms with Gasteiger partial charge in [0.05, 0.1) is 6.10 Å². The predicted molar refractivity (Wildman–Crippen MR) is 78.5 cm³/mol. The van der Waals surface area contributed by atoms with Crippen molar-refractivity contribution >= 4 is 0 Å². The van der Waals surface area contributed by atoms with Gasteiger partial charge in [0.15, 0.2) is 0 Å². The third kappa shape index (κ3) is 2.38. The molecule has 1 saturated heterocycles. The molecule has 2 aliphatic rings. The van der Waals surface area contributed by atoms with Crippen LogP contribution in [-0.2, 0) is 5.54 Å². The lowest BCUT2D eigenvalue weighted by atomic mass is 9.68. The van der Waals surface area contributed by atoms with Gasteiger partial charge in [0.2, 0.25) is 0 Å². The fourth-order valence-corrected chi connectivity index (χ4v) is 3.26. The van der Waals surface area contributed by atoms with Crippen molar-refractivity contribution in [3.05, 3.63) is 29.8 Å². The Hall–Kier alpha value is -1.02. The van der Waals surface area contributed by atoms with Crippen molar-refractivity contribution < 1.29 is 4.74 Å². The van der Waals surface area contributed by atoms with Gasteiger partial charge in [0.1, 0.15) is 5.75 Å². The SMILES string of the molecule is CC(C)(C)C1(c2ccc(OC3CC3)cc2)CCCN1. The van der Waals surface area contributed by atoms with Crippen LogP contribution in [0, 0.1) is 5.41 Å². The molecule has 1 aliphatic carbocycles.